The van der Waals surface area contributed by atoms with Gasteiger partial charge in [-0.2, -0.15) is 4.98 Å². The number of hydrogen-bond donors (Lipinski definition) is 0. The highest BCUT2D eigenvalue weighted by Crippen LogP contribution is 2.31. The van der Waals surface area contributed by atoms with Crippen molar-refractivity contribution in [2.75, 3.05) is 41.0 Å². The molecule has 0 aliphatic heterocycles. The van der Waals surface area contributed by atoms with Gasteiger partial charge >= 0.3 is 0 Å². The van der Waals surface area contributed by atoms with Crippen molar-refractivity contribution in [3.05, 3.63) is 60.0 Å². The number of aromatic nitrogens is 2. The molecular formula is C24H29N3O5. The predicted octanol–water partition coefficient (Wildman–Crippen LogP) is 3.40. The zero-order valence-electron chi connectivity index (χ0n) is 18.7. The predicted molar refractivity (Wildman–Crippen MR) is 120 cm³/mol. The SMILES string of the molecule is COCCN(CCc1nc(-c2ccc(OC)c(OC)c2)no1)C(=O)CCc1ccccc1. The summed E-state index contributed by atoms with van der Waals surface area (Å²) in [7, 11) is 4.78. The summed E-state index contributed by atoms with van der Waals surface area (Å²) in [5.74, 6) is 2.22. The highest BCUT2D eigenvalue weighted by Gasteiger charge is 2.17. The first kappa shape index (κ1) is 23.3. The van der Waals surface area contributed by atoms with Crippen molar-refractivity contribution in [1.82, 2.24) is 15.0 Å². The first-order chi connectivity index (χ1) is 15.6. The Kier molecular flexibility index (Phi) is 8.62. The van der Waals surface area contributed by atoms with Gasteiger partial charge in [0.2, 0.25) is 17.6 Å². The largest absolute Gasteiger partial charge is 0.493 e. The second-order valence-electron chi connectivity index (χ2n) is 7.19. The first-order valence-electron chi connectivity index (χ1n) is 10.5. The van der Waals surface area contributed by atoms with E-state index >= 15 is 0 Å². The van der Waals surface area contributed by atoms with Gasteiger partial charge in [0.15, 0.2) is 11.5 Å². The second kappa shape index (κ2) is 11.9. The molecule has 2 aromatic carbocycles. The molecule has 0 N–H and O–H groups in total. The summed E-state index contributed by atoms with van der Waals surface area (Å²) in [6.45, 7) is 1.46. The maximum absolute atomic E-state index is 12.8. The molecule has 0 spiro atoms. The van der Waals surface area contributed by atoms with Crippen LogP contribution in [0.2, 0.25) is 0 Å². The van der Waals surface area contributed by atoms with Crippen LogP contribution in [0.1, 0.15) is 17.9 Å². The number of rotatable bonds is 12. The smallest absolute Gasteiger partial charge is 0.228 e. The monoisotopic (exact) mass is 439 g/mol. The fourth-order valence-corrected chi connectivity index (χ4v) is 3.30. The summed E-state index contributed by atoms with van der Waals surface area (Å²) in [4.78, 5) is 19.0. The Hall–Kier alpha value is -3.39. The topological polar surface area (TPSA) is 86.9 Å². The lowest BCUT2D eigenvalue weighted by Crippen LogP contribution is -2.35. The quantitative estimate of drug-likeness (QED) is 0.427. The Morgan fingerprint density at radius 3 is 2.47 bits per heavy atom. The molecule has 0 saturated heterocycles. The molecule has 0 aliphatic carbocycles. The number of benzene rings is 2. The summed E-state index contributed by atoms with van der Waals surface area (Å²) < 4.78 is 21.2. The number of aryl methyl sites for hydroxylation is 1. The van der Waals surface area contributed by atoms with Crippen molar-refractivity contribution < 1.29 is 23.5 Å². The van der Waals surface area contributed by atoms with Crippen molar-refractivity contribution in [3.8, 4) is 22.9 Å². The maximum atomic E-state index is 12.8. The van der Waals surface area contributed by atoms with E-state index in [9.17, 15) is 4.79 Å². The lowest BCUT2D eigenvalue weighted by molar-refractivity contribution is -0.131. The molecule has 1 aromatic heterocycles. The molecule has 0 radical (unpaired) electrons. The van der Waals surface area contributed by atoms with E-state index in [2.05, 4.69) is 10.1 Å². The Labute approximate surface area is 188 Å². The summed E-state index contributed by atoms with van der Waals surface area (Å²) in [5, 5.41) is 4.07. The van der Waals surface area contributed by atoms with Crippen LogP contribution in [0.4, 0.5) is 0 Å². The van der Waals surface area contributed by atoms with Crippen LogP contribution >= 0.6 is 0 Å². The third-order valence-corrected chi connectivity index (χ3v) is 5.09. The maximum Gasteiger partial charge on any atom is 0.228 e. The van der Waals surface area contributed by atoms with Crippen molar-refractivity contribution in [3.63, 3.8) is 0 Å². The van der Waals surface area contributed by atoms with Gasteiger partial charge in [0.1, 0.15) is 0 Å². The van der Waals surface area contributed by atoms with E-state index in [-0.39, 0.29) is 5.91 Å². The molecule has 3 aromatic rings. The van der Waals surface area contributed by atoms with E-state index in [1.165, 1.54) is 0 Å². The van der Waals surface area contributed by atoms with E-state index in [1.54, 1.807) is 38.4 Å². The zero-order valence-corrected chi connectivity index (χ0v) is 18.7. The number of hydrogen-bond acceptors (Lipinski definition) is 7. The molecular weight excluding hydrogens is 410 g/mol. The highest BCUT2D eigenvalue weighted by atomic mass is 16.5. The van der Waals surface area contributed by atoms with E-state index in [0.717, 1.165) is 11.1 Å². The number of methoxy groups -OCH3 is 3. The minimum Gasteiger partial charge on any atom is -0.493 e. The highest BCUT2D eigenvalue weighted by molar-refractivity contribution is 5.76. The van der Waals surface area contributed by atoms with Crippen LogP contribution in [-0.2, 0) is 22.4 Å². The Bertz CT molecular complexity index is 990. The number of nitrogens with zero attached hydrogens (tertiary/aromatic N) is 3. The van der Waals surface area contributed by atoms with Gasteiger partial charge in [0, 0.05) is 38.6 Å². The second-order valence-corrected chi connectivity index (χ2v) is 7.19. The first-order valence-corrected chi connectivity index (χ1v) is 10.5. The van der Waals surface area contributed by atoms with Crippen LogP contribution in [-0.4, -0.2) is 62.0 Å². The van der Waals surface area contributed by atoms with E-state index in [0.29, 0.717) is 62.2 Å². The molecule has 32 heavy (non-hydrogen) atoms. The molecule has 8 heteroatoms. The Morgan fingerprint density at radius 2 is 1.75 bits per heavy atom. The zero-order chi connectivity index (χ0) is 22.8. The average molecular weight is 440 g/mol. The molecule has 8 nitrogen and oxygen atoms in total. The normalized spacial score (nSPS) is 10.7. The molecule has 0 saturated carbocycles. The molecule has 0 fully saturated rings. The Morgan fingerprint density at radius 1 is 0.969 bits per heavy atom. The number of carbonyl (C=O) groups excluding carboxylic acids is 1. The van der Waals surface area contributed by atoms with Crippen LogP contribution < -0.4 is 9.47 Å². The lowest BCUT2D eigenvalue weighted by atomic mass is 10.1. The summed E-state index contributed by atoms with van der Waals surface area (Å²) in [5.41, 5.74) is 1.90. The van der Waals surface area contributed by atoms with Gasteiger partial charge in [-0.3, -0.25) is 4.79 Å². The molecule has 0 atom stereocenters. The summed E-state index contributed by atoms with van der Waals surface area (Å²) in [6.07, 6.45) is 1.60. The van der Waals surface area contributed by atoms with Gasteiger partial charge in [0.25, 0.3) is 0 Å². The Balaban J connectivity index is 1.61. The molecule has 1 heterocycles. The minimum atomic E-state index is 0.0746. The van der Waals surface area contributed by atoms with Crippen LogP contribution in [0, 0.1) is 0 Å². The van der Waals surface area contributed by atoms with Crippen molar-refractivity contribution in [2.24, 2.45) is 0 Å². The van der Waals surface area contributed by atoms with Crippen molar-refractivity contribution >= 4 is 5.91 Å². The standard InChI is InChI=1S/C24H29N3O5/c1-29-16-15-27(23(28)12-9-18-7-5-4-6-8-18)14-13-22-25-24(26-32-22)19-10-11-20(30-2)21(17-19)31-3/h4-8,10-11,17H,9,12-16H2,1-3H3. The molecule has 0 aliphatic rings. The van der Waals surface area contributed by atoms with E-state index in [4.69, 9.17) is 18.7 Å². The van der Waals surface area contributed by atoms with Gasteiger partial charge in [-0.15, -0.1) is 0 Å². The van der Waals surface area contributed by atoms with Crippen LogP contribution in [0.15, 0.2) is 53.1 Å². The molecule has 170 valence electrons. The molecule has 3 rings (SSSR count). The summed E-state index contributed by atoms with van der Waals surface area (Å²) >= 11 is 0. The van der Waals surface area contributed by atoms with Crippen LogP contribution in [0.25, 0.3) is 11.4 Å². The van der Waals surface area contributed by atoms with Gasteiger partial charge in [-0.25, -0.2) is 0 Å². The molecule has 0 unspecified atom stereocenters. The molecule has 1 amide bonds. The number of ether oxygens (including phenoxy) is 3. The summed E-state index contributed by atoms with van der Waals surface area (Å²) in [6, 6.07) is 15.4. The van der Waals surface area contributed by atoms with Gasteiger partial charge < -0.3 is 23.6 Å². The van der Waals surface area contributed by atoms with Gasteiger partial charge in [-0.05, 0) is 30.2 Å². The fourth-order valence-electron chi connectivity index (χ4n) is 3.30. The lowest BCUT2D eigenvalue weighted by Gasteiger charge is -2.21. The van der Waals surface area contributed by atoms with E-state index in [1.807, 2.05) is 36.4 Å². The van der Waals surface area contributed by atoms with Gasteiger partial charge in [0.05, 0.1) is 20.8 Å². The number of carbonyl (C=O) groups is 1. The van der Waals surface area contributed by atoms with Crippen molar-refractivity contribution in [1.29, 1.82) is 0 Å². The minimum absolute atomic E-state index is 0.0746. The number of amides is 1. The van der Waals surface area contributed by atoms with E-state index < -0.39 is 0 Å². The van der Waals surface area contributed by atoms with Crippen molar-refractivity contribution in [2.45, 2.75) is 19.3 Å². The average Bonchev–Trinajstić information content (AvgIpc) is 3.32. The van der Waals surface area contributed by atoms with Crippen LogP contribution in [0.5, 0.6) is 11.5 Å². The fraction of sp³-hybridized carbons (Fsp3) is 0.375. The molecule has 0 bridgehead atoms. The van der Waals surface area contributed by atoms with Crippen LogP contribution in [0.3, 0.4) is 0 Å². The third kappa shape index (κ3) is 6.31. The third-order valence-electron chi connectivity index (χ3n) is 5.09. The van der Waals surface area contributed by atoms with Gasteiger partial charge in [-0.1, -0.05) is 35.5 Å².